The van der Waals surface area contributed by atoms with Gasteiger partial charge in [-0.15, -0.1) is 11.3 Å². The van der Waals surface area contributed by atoms with Crippen LogP contribution in [0.3, 0.4) is 0 Å². The molecule has 96 valence electrons. The molecule has 0 bridgehead atoms. The molecule has 0 atom stereocenters. The summed E-state index contributed by atoms with van der Waals surface area (Å²) in [4.78, 5) is 11.3. The molecular formula is C13H13N5S. The molecule has 0 spiro atoms. The molecule has 0 aliphatic heterocycles. The number of anilines is 1. The van der Waals surface area contributed by atoms with E-state index in [9.17, 15) is 0 Å². The van der Waals surface area contributed by atoms with Crippen molar-refractivity contribution in [3.8, 4) is 5.82 Å². The fourth-order valence-corrected chi connectivity index (χ4v) is 3.99. The standard InChI is InChI=1S/C13H13N5S/c1-7-5-10(14)18(17-7)12-11-8-3-2-4-9(8)19-13(11)16-6-15-12/h5-6H,2-4,14H2,1H3. The van der Waals surface area contributed by atoms with Gasteiger partial charge in [0.25, 0.3) is 0 Å². The molecule has 3 heterocycles. The van der Waals surface area contributed by atoms with Gasteiger partial charge in [0.1, 0.15) is 17.0 Å². The molecular weight excluding hydrogens is 258 g/mol. The Labute approximate surface area is 114 Å². The number of nitrogens with two attached hydrogens (primary N) is 1. The lowest BCUT2D eigenvalue weighted by atomic mass is 10.2. The summed E-state index contributed by atoms with van der Waals surface area (Å²) in [5.74, 6) is 1.44. The largest absolute Gasteiger partial charge is 0.384 e. The number of fused-ring (bicyclic) bond motifs is 3. The number of nitrogens with zero attached hydrogens (tertiary/aromatic N) is 4. The average Bonchev–Trinajstić information content (AvgIpc) is 3.02. The summed E-state index contributed by atoms with van der Waals surface area (Å²) in [7, 11) is 0. The number of hydrogen-bond acceptors (Lipinski definition) is 5. The molecule has 0 aromatic carbocycles. The zero-order valence-electron chi connectivity index (χ0n) is 10.6. The molecule has 1 aliphatic carbocycles. The summed E-state index contributed by atoms with van der Waals surface area (Å²) >= 11 is 1.77. The first-order chi connectivity index (χ1) is 9.24. The van der Waals surface area contributed by atoms with Crippen molar-refractivity contribution >= 4 is 27.4 Å². The highest BCUT2D eigenvalue weighted by Gasteiger charge is 2.22. The molecule has 0 saturated heterocycles. The molecule has 0 unspecified atom stereocenters. The molecule has 4 rings (SSSR count). The van der Waals surface area contributed by atoms with Crippen LogP contribution in [0.15, 0.2) is 12.4 Å². The highest BCUT2D eigenvalue weighted by molar-refractivity contribution is 7.19. The van der Waals surface area contributed by atoms with Crippen LogP contribution in [0.5, 0.6) is 0 Å². The molecule has 1 aliphatic rings. The van der Waals surface area contributed by atoms with E-state index < -0.39 is 0 Å². The lowest BCUT2D eigenvalue weighted by molar-refractivity contribution is 0.844. The van der Waals surface area contributed by atoms with Gasteiger partial charge in [-0.2, -0.15) is 9.78 Å². The van der Waals surface area contributed by atoms with Gasteiger partial charge in [0.05, 0.1) is 11.1 Å². The van der Waals surface area contributed by atoms with E-state index in [4.69, 9.17) is 5.73 Å². The number of aromatic nitrogens is 4. The molecule has 0 radical (unpaired) electrons. The second kappa shape index (κ2) is 3.77. The van der Waals surface area contributed by atoms with Crippen LogP contribution in [0.1, 0.15) is 22.6 Å². The number of nitrogen functional groups attached to an aromatic ring is 1. The van der Waals surface area contributed by atoms with Crippen LogP contribution < -0.4 is 5.73 Å². The third kappa shape index (κ3) is 1.49. The van der Waals surface area contributed by atoms with E-state index in [1.807, 2.05) is 13.0 Å². The summed E-state index contributed by atoms with van der Waals surface area (Å²) in [6.45, 7) is 1.93. The maximum absolute atomic E-state index is 6.02. The van der Waals surface area contributed by atoms with Crippen LogP contribution >= 0.6 is 11.3 Å². The summed E-state index contributed by atoms with van der Waals surface area (Å²) in [6.07, 6.45) is 5.08. The van der Waals surface area contributed by atoms with E-state index in [1.54, 1.807) is 22.3 Å². The first kappa shape index (κ1) is 10.9. The highest BCUT2D eigenvalue weighted by atomic mass is 32.1. The minimum absolute atomic E-state index is 0.621. The zero-order valence-corrected chi connectivity index (χ0v) is 11.4. The van der Waals surface area contributed by atoms with Crippen molar-refractivity contribution < 1.29 is 0 Å². The topological polar surface area (TPSA) is 69.6 Å². The van der Waals surface area contributed by atoms with Crippen molar-refractivity contribution in [3.63, 3.8) is 0 Å². The van der Waals surface area contributed by atoms with Crippen molar-refractivity contribution in [1.82, 2.24) is 19.7 Å². The summed E-state index contributed by atoms with van der Waals surface area (Å²) in [6, 6.07) is 1.86. The fourth-order valence-electron chi connectivity index (χ4n) is 2.76. The molecule has 2 N–H and O–H groups in total. The van der Waals surface area contributed by atoms with Gasteiger partial charge in [-0.25, -0.2) is 9.97 Å². The van der Waals surface area contributed by atoms with Gasteiger partial charge in [-0.05, 0) is 31.7 Å². The number of thiophene rings is 1. The monoisotopic (exact) mass is 271 g/mol. The van der Waals surface area contributed by atoms with Gasteiger partial charge in [0.15, 0.2) is 5.82 Å². The zero-order chi connectivity index (χ0) is 13.0. The van der Waals surface area contributed by atoms with Crippen LogP contribution in [0, 0.1) is 6.92 Å². The van der Waals surface area contributed by atoms with Gasteiger partial charge in [-0.3, -0.25) is 0 Å². The van der Waals surface area contributed by atoms with Crippen molar-refractivity contribution in [2.45, 2.75) is 26.2 Å². The first-order valence-electron chi connectivity index (χ1n) is 6.32. The van der Waals surface area contributed by atoms with Gasteiger partial charge in [0, 0.05) is 10.9 Å². The Balaban J connectivity index is 2.07. The van der Waals surface area contributed by atoms with Crippen molar-refractivity contribution in [2.75, 3.05) is 5.73 Å². The number of rotatable bonds is 1. The molecule has 5 nitrogen and oxygen atoms in total. The van der Waals surface area contributed by atoms with Crippen LogP contribution in [0.4, 0.5) is 5.82 Å². The first-order valence-corrected chi connectivity index (χ1v) is 7.13. The Morgan fingerprint density at radius 3 is 3.00 bits per heavy atom. The van der Waals surface area contributed by atoms with E-state index in [1.165, 1.54) is 16.9 Å². The minimum Gasteiger partial charge on any atom is -0.384 e. The third-order valence-corrected chi connectivity index (χ3v) is 4.74. The molecule has 3 aromatic rings. The Morgan fingerprint density at radius 2 is 2.21 bits per heavy atom. The second-order valence-corrected chi connectivity index (χ2v) is 5.94. The Bertz CT molecular complexity index is 786. The predicted molar refractivity (Wildman–Crippen MR) is 75.7 cm³/mol. The van der Waals surface area contributed by atoms with Gasteiger partial charge >= 0.3 is 0 Å². The summed E-state index contributed by atoms with van der Waals surface area (Å²) in [5, 5.41) is 5.58. The van der Waals surface area contributed by atoms with E-state index in [0.29, 0.717) is 5.82 Å². The van der Waals surface area contributed by atoms with E-state index in [2.05, 4.69) is 15.1 Å². The molecule has 6 heteroatoms. The second-order valence-electron chi connectivity index (χ2n) is 4.86. The van der Waals surface area contributed by atoms with Crippen LogP contribution in [0.25, 0.3) is 16.0 Å². The average molecular weight is 271 g/mol. The number of hydrogen-bond donors (Lipinski definition) is 1. The molecule has 19 heavy (non-hydrogen) atoms. The Morgan fingerprint density at radius 1 is 1.32 bits per heavy atom. The van der Waals surface area contributed by atoms with Crippen LogP contribution in [-0.4, -0.2) is 19.7 Å². The smallest absolute Gasteiger partial charge is 0.168 e. The van der Waals surface area contributed by atoms with E-state index >= 15 is 0 Å². The van der Waals surface area contributed by atoms with E-state index in [-0.39, 0.29) is 0 Å². The van der Waals surface area contributed by atoms with Crippen molar-refractivity contribution in [3.05, 3.63) is 28.5 Å². The van der Waals surface area contributed by atoms with Crippen molar-refractivity contribution in [1.29, 1.82) is 0 Å². The normalized spacial score (nSPS) is 14.2. The van der Waals surface area contributed by atoms with Gasteiger partial charge in [0.2, 0.25) is 0 Å². The number of aryl methyl sites for hydroxylation is 3. The maximum Gasteiger partial charge on any atom is 0.168 e. The fraction of sp³-hybridized carbons (Fsp3) is 0.308. The quantitative estimate of drug-likeness (QED) is 0.737. The van der Waals surface area contributed by atoms with E-state index in [0.717, 1.165) is 34.6 Å². The predicted octanol–water partition coefficient (Wildman–Crippen LogP) is 2.26. The third-order valence-electron chi connectivity index (χ3n) is 3.54. The van der Waals surface area contributed by atoms with Crippen molar-refractivity contribution in [2.24, 2.45) is 0 Å². The molecule has 0 saturated carbocycles. The summed E-state index contributed by atoms with van der Waals surface area (Å²) < 4.78 is 1.73. The molecule has 0 amide bonds. The molecule has 3 aromatic heterocycles. The van der Waals surface area contributed by atoms with Gasteiger partial charge < -0.3 is 5.73 Å². The van der Waals surface area contributed by atoms with Crippen LogP contribution in [-0.2, 0) is 12.8 Å². The maximum atomic E-state index is 6.02. The lowest BCUT2D eigenvalue weighted by Gasteiger charge is -2.05. The molecule has 0 fully saturated rings. The Hall–Kier alpha value is -1.95. The Kier molecular flexibility index (Phi) is 2.17. The van der Waals surface area contributed by atoms with Crippen LogP contribution in [0.2, 0.25) is 0 Å². The lowest BCUT2D eigenvalue weighted by Crippen LogP contribution is -2.05. The summed E-state index contributed by atoms with van der Waals surface area (Å²) in [5.41, 5.74) is 8.31. The minimum atomic E-state index is 0.621. The SMILES string of the molecule is Cc1cc(N)n(-c2ncnc3sc4c(c23)CCC4)n1. The van der Waals surface area contributed by atoms with Gasteiger partial charge in [-0.1, -0.05) is 0 Å². The highest BCUT2D eigenvalue weighted by Crippen LogP contribution is 2.38.